The number of carbonyl (C=O) groups is 1. The molecule has 0 saturated heterocycles. The fourth-order valence-electron chi connectivity index (χ4n) is 2.44. The summed E-state index contributed by atoms with van der Waals surface area (Å²) in [7, 11) is 3.39. The molecule has 146 valence electrons. The highest BCUT2D eigenvalue weighted by Crippen LogP contribution is 2.30. The maximum Gasteiger partial charge on any atom is 0.259 e. The molecule has 0 unspecified atom stereocenters. The largest absolute Gasteiger partial charge is 0.490 e. The first kappa shape index (κ1) is 20.2. The Morgan fingerprint density at radius 2 is 1.96 bits per heavy atom. The average Bonchev–Trinajstić information content (AvgIpc) is 3.07. The maximum absolute atomic E-state index is 11.7. The summed E-state index contributed by atoms with van der Waals surface area (Å²) < 4.78 is 12.4. The quantitative estimate of drug-likeness (QED) is 0.544. The van der Waals surface area contributed by atoms with Gasteiger partial charge in [-0.1, -0.05) is 23.7 Å². The van der Waals surface area contributed by atoms with Gasteiger partial charge < -0.3 is 14.4 Å². The number of likely N-dealkylation sites (N-methyl/N-ethyl adjacent to an activating group) is 1. The Kier molecular flexibility index (Phi) is 6.54. The van der Waals surface area contributed by atoms with Gasteiger partial charge in [0.05, 0.1) is 16.8 Å². The van der Waals surface area contributed by atoms with E-state index in [0.29, 0.717) is 23.1 Å². The van der Waals surface area contributed by atoms with Gasteiger partial charge in [-0.3, -0.25) is 4.79 Å². The number of ether oxygens (including phenoxy) is 2. The molecule has 3 rings (SSSR count). The summed E-state index contributed by atoms with van der Waals surface area (Å²) in [6.45, 7) is 2.38. The van der Waals surface area contributed by atoms with Gasteiger partial charge in [0.2, 0.25) is 0 Å². The minimum atomic E-state index is -0.109. The van der Waals surface area contributed by atoms with Crippen LogP contribution >= 0.6 is 22.9 Å². The molecule has 0 N–H and O–H groups in total. The van der Waals surface area contributed by atoms with Crippen molar-refractivity contribution in [3.05, 3.63) is 52.0 Å². The van der Waals surface area contributed by atoms with Gasteiger partial charge in [0, 0.05) is 19.1 Å². The first-order chi connectivity index (χ1) is 13.5. The van der Waals surface area contributed by atoms with Crippen LogP contribution in [0.25, 0.3) is 22.4 Å². The molecule has 0 spiro atoms. The van der Waals surface area contributed by atoms with Gasteiger partial charge in [-0.2, -0.15) is 0 Å². The second kappa shape index (κ2) is 9.08. The predicted octanol–water partition coefficient (Wildman–Crippen LogP) is 4.99. The normalized spacial score (nSPS) is 11.1. The third-order valence-electron chi connectivity index (χ3n) is 3.90. The Bertz CT molecular complexity index is 1010. The first-order valence-electron chi connectivity index (χ1n) is 8.80. The zero-order chi connectivity index (χ0) is 20.1. The number of halogens is 1. The maximum atomic E-state index is 11.7. The minimum Gasteiger partial charge on any atom is -0.490 e. The van der Waals surface area contributed by atoms with Crippen LogP contribution in [0.4, 0.5) is 0 Å². The van der Waals surface area contributed by atoms with E-state index < -0.39 is 0 Å². The third-order valence-corrected chi connectivity index (χ3v) is 5.14. The number of rotatable bonds is 7. The van der Waals surface area contributed by atoms with Crippen LogP contribution in [0.3, 0.4) is 0 Å². The molecule has 0 bridgehead atoms. The zero-order valence-corrected chi connectivity index (χ0v) is 17.5. The second-order valence-corrected chi connectivity index (χ2v) is 7.71. The van der Waals surface area contributed by atoms with Crippen molar-refractivity contribution < 1.29 is 14.3 Å². The Balaban J connectivity index is 1.78. The van der Waals surface area contributed by atoms with Crippen LogP contribution in [0.15, 0.2) is 36.4 Å². The molecule has 0 radical (unpaired) electrons. The fraction of sp³-hybridized carbons (Fsp3) is 0.238. The molecule has 5 nitrogen and oxygen atoms in total. The van der Waals surface area contributed by atoms with Gasteiger partial charge in [-0.25, -0.2) is 4.98 Å². The van der Waals surface area contributed by atoms with E-state index in [1.807, 2.05) is 55.5 Å². The molecular formula is C21H21ClN2O3S. The Hall–Kier alpha value is -2.57. The number of hydrogen-bond acceptors (Lipinski definition) is 5. The average molecular weight is 417 g/mol. The number of nitrogens with zero attached hydrogens (tertiary/aromatic N) is 2. The summed E-state index contributed by atoms with van der Waals surface area (Å²) in [6.07, 6.45) is 3.93. The molecule has 0 aliphatic heterocycles. The molecule has 1 amide bonds. The molecular weight excluding hydrogens is 396 g/mol. The van der Waals surface area contributed by atoms with Crippen LogP contribution in [0.1, 0.15) is 17.5 Å². The fourth-order valence-corrected chi connectivity index (χ4v) is 3.46. The van der Waals surface area contributed by atoms with Crippen molar-refractivity contribution in [1.29, 1.82) is 0 Å². The van der Waals surface area contributed by atoms with E-state index in [9.17, 15) is 4.79 Å². The molecule has 1 aromatic heterocycles. The van der Waals surface area contributed by atoms with Gasteiger partial charge in [-0.15, -0.1) is 11.3 Å². The summed E-state index contributed by atoms with van der Waals surface area (Å²) in [4.78, 5) is 17.8. The lowest BCUT2D eigenvalue weighted by molar-refractivity contribution is -0.130. The van der Waals surface area contributed by atoms with Crippen molar-refractivity contribution in [2.75, 3.05) is 27.3 Å². The SMILES string of the molecule is CCOc1cc(/C=C/c2nc3cc(Cl)ccc3s2)ccc1OCC(=O)N(C)C. The van der Waals surface area contributed by atoms with Crippen molar-refractivity contribution >= 4 is 51.2 Å². The number of aromatic nitrogens is 1. The lowest BCUT2D eigenvalue weighted by atomic mass is 10.2. The predicted molar refractivity (Wildman–Crippen MR) is 115 cm³/mol. The standard InChI is InChI=1S/C21H21ClN2O3S/c1-4-26-18-11-14(5-8-17(18)27-13-21(25)24(2)3)6-10-20-23-16-12-15(22)7-9-19(16)28-20/h5-12H,4,13H2,1-3H3/b10-6+. The van der Waals surface area contributed by atoms with Gasteiger partial charge >= 0.3 is 0 Å². The van der Waals surface area contributed by atoms with E-state index in [-0.39, 0.29) is 12.5 Å². The topological polar surface area (TPSA) is 51.7 Å². The van der Waals surface area contributed by atoms with Gasteiger partial charge in [0.1, 0.15) is 5.01 Å². The monoisotopic (exact) mass is 416 g/mol. The summed E-state index contributed by atoms with van der Waals surface area (Å²) in [5.74, 6) is 1.04. The number of amides is 1. The molecule has 7 heteroatoms. The highest BCUT2D eigenvalue weighted by molar-refractivity contribution is 7.19. The van der Waals surface area contributed by atoms with Crippen LogP contribution in [0, 0.1) is 0 Å². The van der Waals surface area contributed by atoms with Crippen LogP contribution in [-0.2, 0) is 4.79 Å². The van der Waals surface area contributed by atoms with Crippen LogP contribution in [-0.4, -0.2) is 43.1 Å². The highest BCUT2D eigenvalue weighted by Gasteiger charge is 2.10. The molecule has 0 fully saturated rings. The second-order valence-electron chi connectivity index (χ2n) is 6.21. The smallest absolute Gasteiger partial charge is 0.259 e. The molecule has 2 aromatic carbocycles. The zero-order valence-electron chi connectivity index (χ0n) is 15.9. The van der Waals surface area contributed by atoms with Crippen molar-refractivity contribution in [3.8, 4) is 11.5 Å². The summed E-state index contributed by atoms with van der Waals surface area (Å²) in [6, 6.07) is 11.3. The number of benzene rings is 2. The molecule has 28 heavy (non-hydrogen) atoms. The van der Waals surface area contributed by atoms with Gasteiger partial charge in [0.25, 0.3) is 5.91 Å². The van der Waals surface area contributed by atoms with Crippen molar-refractivity contribution in [2.45, 2.75) is 6.92 Å². The van der Waals surface area contributed by atoms with Crippen molar-refractivity contribution in [3.63, 3.8) is 0 Å². The van der Waals surface area contributed by atoms with E-state index in [1.54, 1.807) is 25.4 Å². The molecule has 1 heterocycles. The van der Waals surface area contributed by atoms with E-state index in [2.05, 4.69) is 4.98 Å². The lowest BCUT2D eigenvalue weighted by Gasteiger charge is -2.14. The molecule has 3 aromatic rings. The van der Waals surface area contributed by atoms with Gasteiger partial charge in [-0.05, 0) is 48.9 Å². The number of carbonyl (C=O) groups excluding carboxylic acids is 1. The number of thiazole rings is 1. The molecule has 0 atom stereocenters. The Morgan fingerprint density at radius 1 is 1.14 bits per heavy atom. The van der Waals surface area contributed by atoms with E-state index in [4.69, 9.17) is 21.1 Å². The number of hydrogen-bond donors (Lipinski definition) is 0. The third kappa shape index (κ3) is 5.03. The summed E-state index contributed by atoms with van der Waals surface area (Å²) >= 11 is 7.62. The summed E-state index contributed by atoms with van der Waals surface area (Å²) in [5, 5.41) is 1.57. The van der Waals surface area contributed by atoms with E-state index >= 15 is 0 Å². The molecule has 0 saturated carbocycles. The van der Waals surface area contributed by atoms with Crippen LogP contribution in [0.2, 0.25) is 5.02 Å². The summed E-state index contributed by atoms with van der Waals surface area (Å²) in [5.41, 5.74) is 1.84. The van der Waals surface area contributed by atoms with Crippen LogP contribution in [0.5, 0.6) is 11.5 Å². The van der Waals surface area contributed by atoms with Crippen LogP contribution < -0.4 is 9.47 Å². The minimum absolute atomic E-state index is 0.0312. The molecule has 0 aliphatic rings. The van der Waals surface area contributed by atoms with Crippen molar-refractivity contribution in [2.24, 2.45) is 0 Å². The Labute approximate surface area is 173 Å². The lowest BCUT2D eigenvalue weighted by Crippen LogP contribution is -2.27. The Morgan fingerprint density at radius 3 is 2.71 bits per heavy atom. The van der Waals surface area contributed by atoms with Crippen molar-refractivity contribution in [1.82, 2.24) is 9.88 Å². The number of fused-ring (bicyclic) bond motifs is 1. The first-order valence-corrected chi connectivity index (χ1v) is 9.99. The van der Waals surface area contributed by atoms with E-state index in [1.165, 1.54) is 4.90 Å². The highest BCUT2D eigenvalue weighted by atomic mass is 35.5. The van der Waals surface area contributed by atoms with Gasteiger partial charge in [0.15, 0.2) is 18.1 Å². The van der Waals surface area contributed by atoms with E-state index in [0.717, 1.165) is 20.8 Å². The molecule has 0 aliphatic carbocycles.